The first kappa shape index (κ1) is 32.7. The average molecular weight is 657 g/mol. The fourth-order valence-electron chi connectivity index (χ4n) is 4.97. The second-order valence-electron chi connectivity index (χ2n) is 10.8. The molecular formula is C30H34FN6O6PS. The summed E-state index contributed by atoms with van der Waals surface area (Å²) in [6, 6.07) is 12.0. The number of imidazole rings is 1. The molecule has 1 aliphatic rings. The summed E-state index contributed by atoms with van der Waals surface area (Å²) < 4.78 is 41.5. The van der Waals surface area contributed by atoms with Crippen LogP contribution in [0.4, 0.5) is 10.2 Å². The smallest absolute Gasteiger partial charge is 0.323 e. The van der Waals surface area contributed by atoms with Gasteiger partial charge in [0.2, 0.25) is 5.67 Å². The zero-order chi connectivity index (χ0) is 32.5. The first-order valence-corrected chi connectivity index (χ1v) is 16.8. The number of alkyl halides is 1. The van der Waals surface area contributed by atoms with Crippen molar-refractivity contribution in [2.24, 2.45) is 0 Å². The number of hydrogen-bond acceptors (Lipinski definition) is 11. The van der Waals surface area contributed by atoms with Crippen molar-refractivity contribution < 1.29 is 32.8 Å². The highest BCUT2D eigenvalue weighted by Crippen LogP contribution is 2.49. The summed E-state index contributed by atoms with van der Waals surface area (Å²) >= 11 is 5.87. The minimum Gasteiger partial charge on any atom is -0.462 e. The number of terminal acetylenes is 1. The van der Waals surface area contributed by atoms with Crippen molar-refractivity contribution in [2.45, 2.75) is 63.9 Å². The molecule has 15 heteroatoms. The van der Waals surface area contributed by atoms with Crippen molar-refractivity contribution in [1.29, 1.82) is 0 Å². The number of aliphatic hydroxyl groups is 1. The number of esters is 1. The molecule has 45 heavy (non-hydrogen) atoms. The van der Waals surface area contributed by atoms with Crippen LogP contribution in [-0.4, -0.2) is 74.3 Å². The topological polar surface area (TPSA) is 142 Å². The van der Waals surface area contributed by atoms with Gasteiger partial charge < -0.3 is 28.9 Å². The molecule has 0 saturated carbocycles. The van der Waals surface area contributed by atoms with Gasteiger partial charge in [0.25, 0.3) is 0 Å². The molecule has 0 spiro atoms. The lowest BCUT2D eigenvalue weighted by molar-refractivity contribution is -0.149. The highest BCUT2D eigenvalue weighted by atomic mass is 32.5. The number of aliphatic hydroxyl groups excluding tert-OH is 1. The first-order valence-electron chi connectivity index (χ1n) is 14.2. The average Bonchev–Trinajstić information content (AvgIpc) is 3.53. The Morgan fingerprint density at radius 1 is 1.27 bits per heavy atom. The summed E-state index contributed by atoms with van der Waals surface area (Å²) in [4.78, 5) is 25.7. The van der Waals surface area contributed by atoms with E-state index >= 15 is 4.39 Å². The molecule has 0 radical (unpaired) electrons. The number of carbonyl (C=O) groups is 1. The Kier molecular flexibility index (Phi) is 9.41. The molecule has 4 aromatic rings. The van der Waals surface area contributed by atoms with E-state index in [0.717, 1.165) is 10.8 Å². The zero-order valence-corrected chi connectivity index (χ0v) is 27.0. The normalized spacial score (nSPS) is 23.5. The maximum Gasteiger partial charge on any atom is 0.323 e. The van der Waals surface area contributed by atoms with Crippen LogP contribution in [0.5, 0.6) is 5.75 Å². The maximum atomic E-state index is 16.4. The van der Waals surface area contributed by atoms with Crippen LogP contribution in [0, 0.1) is 19.3 Å². The van der Waals surface area contributed by atoms with Gasteiger partial charge in [0.15, 0.2) is 23.2 Å². The molecule has 2 aromatic heterocycles. The summed E-state index contributed by atoms with van der Waals surface area (Å²) in [5.41, 5.74) is -2.07. The standard InChI is InChI=1S/C30H34FN6O6PS/c1-7-30(31)25(38)23(42-29(30)37-16-33-24-26(32-6)34-19(5)35-27(24)37)15-40-44(45,36-18(4)28(39)41-17(2)3)43-22-14-10-12-20-11-8-9-13-21(20)22/h1,8-14,16-18,23,25,29,38H,15H2,2-6H3,(H,36,45)(H,32,34,35)/t18-,23+,25+,29+,30+,44+/m0/s1. The second kappa shape index (κ2) is 13.0. The van der Waals surface area contributed by atoms with E-state index in [2.05, 4.69) is 31.3 Å². The Balaban J connectivity index is 1.44. The van der Waals surface area contributed by atoms with E-state index < -0.39 is 49.4 Å². The van der Waals surface area contributed by atoms with Crippen molar-refractivity contribution in [1.82, 2.24) is 24.6 Å². The van der Waals surface area contributed by atoms with Crippen LogP contribution in [0.2, 0.25) is 0 Å². The number of rotatable bonds is 11. The van der Waals surface area contributed by atoms with Crippen LogP contribution in [-0.2, 0) is 30.6 Å². The van der Waals surface area contributed by atoms with Crippen molar-refractivity contribution in [3.63, 3.8) is 0 Å². The molecule has 0 amide bonds. The number of ether oxygens (including phenoxy) is 2. The molecular weight excluding hydrogens is 622 g/mol. The quantitative estimate of drug-likeness (QED) is 0.121. The van der Waals surface area contributed by atoms with E-state index in [1.165, 1.54) is 10.9 Å². The zero-order valence-electron chi connectivity index (χ0n) is 25.3. The number of hydrogen-bond donors (Lipinski definition) is 3. The van der Waals surface area contributed by atoms with Gasteiger partial charge in [-0.15, -0.1) is 6.42 Å². The van der Waals surface area contributed by atoms with Crippen LogP contribution in [0.15, 0.2) is 48.8 Å². The van der Waals surface area contributed by atoms with Gasteiger partial charge in [0.1, 0.15) is 29.8 Å². The molecule has 1 fully saturated rings. The minimum absolute atomic E-state index is 0.256. The number of aryl methyl sites for hydroxylation is 1. The van der Waals surface area contributed by atoms with Gasteiger partial charge in [-0.3, -0.25) is 9.36 Å². The van der Waals surface area contributed by atoms with Gasteiger partial charge in [0.05, 0.1) is 19.0 Å². The molecule has 3 N–H and O–H groups in total. The Labute approximate surface area is 264 Å². The van der Waals surface area contributed by atoms with E-state index in [4.69, 9.17) is 36.8 Å². The predicted molar refractivity (Wildman–Crippen MR) is 171 cm³/mol. The number of fused-ring (bicyclic) bond motifs is 2. The Morgan fingerprint density at radius 2 is 2.00 bits per heavy atom. The Hall–Kier alpha value is -3.70. The van der Waals surface area contributed by atoms with Crippen LogP contribution in [0.1, 0.15) is 32.8 Å². The molecule has 2 aromatic carbocycles. The van der Waals surface area contributed by atoms with Crippen LogP contribution < -0.4 is 14.9 Å². The number of carbonyl (C=O) groups excluding carboxylic acids is 1. The van der Waals surface area contributed by atoms with E-state index in [9.17, 15) is 9.90 Å². The maximum absolute atomic E-state index is 16.4. The molecule has 1 saturated heterocycles. The van der Waals surface area contributed by atoms with E-state index in [1.54, 1.807) is 46.9 Å². The molecule has 238 valence electrons. The molecule has 0 aliphatic carbocycles. The monoisotopic (exact) mass is 656 g/mol. The van der Waals surface area contributed by atoms with Gasteiger partial charge in [-0.05, 0) is 51.0 Å². The van der Waals surface area contributed by atoms with Gasteiger partial charge in [-0.1, -0.05) is 42.3 Å². The van der Waals surface area contributed by atoms with E-state index in [0.29, 0.717) is 22.9 Å². The van der Waals surface area contributed by atoms with E-state index in [-0.39, 0.29) is 11.8 Å². The minimum atomic E-state index is -3.60. The van der Waals surface area contributed by atoms with Crippen molar-refractivity contribution in [3.8, 4) is 18.1 Å². The lowest BCUT2D eigenvalue weighted by atomic mass is 9.97. The fourth-order valence-corrected chi connectivity index (χ4v) is 7.39. The largest absolute Gasteiger partial charge is 0.462 e. The first-order chi connectivity index (χ1) is 21.4. The number of benzene rings is 2. The highest BCUT2D eigenvalue weighted by Gasteiger charge is 2.58. The van der Waals surface area contributed by atoms with Crippen molar-refractivity contribution >= 4 is 52.2 Å². The molecule has 6 atom stereocenters. The summed E-state index contributed by atoms with van der Waals surface area (Å²) in [7, 11) is 1.67. The molecule has 3 heterocycles. The van der Waals surface area contributed by atoms with Gasteiger partial charge in [0, 0.05) is 12.4 Å². The third-order valence-electron chi connectivity index (χ3n) is 7.12. The van der Waals surface area contributed by atoms with Crippen molar-refractivity contribution in [3.05, 3.63) is 54.6 Å². The molecule has 12 nitrogen and oxygen atoms in total. The number of nitrogens with one attached hydrogen (secondary N) is 2. The molecule has 1 aliphatic heterocycles. The van der Waals surface area contributed by atoms with Gasteiger partial charge in [-0.25, -0.2) is 24.4 Å². The summed E-state index contributed by atoms with van der Waals surface area (Å²) in [6.45, 7) is 2.66. The lowest BCUT2D eigenvalue weighted by Gasteiger charge is -2.28. The predicted octanol–water partition coefficient (Wildman–Crippen LogP) is 4.18. The van der Waals surface area contributed by atoms with Gasteiger partial charge >= 0.3 is 12.6 Å². The second-order valence-corrected chi connectivity index (χ2v) is 13.9. The Bertz CT molecular complexity index is 1810. The van der Waals surface area contributed by atoms with Crippen molar-refractivity contribution in [2.75, 3.05) is 19.0 Å². The number of aromatic nitrogens is 4. The molecule has 5 rings (SSSR count). The Morgan fingerprint density at radius 3 is 2.71 bits per heavy atom. The van der Waals surface area contributed by atoms with Gasteiger partial charge in [-0.2, -0.15) is 0 Å². The number of nitrogens with zero attached hydrogens (tertiary/aromatic N) is 4. The molecule has 0 unspecified atom stereocenters. The number of anilines is 1. The van der Waals surface area contributed by atoms with Crippen LogP contribution in [0.3, 0.4) is 0 Å². The summed E-state index contributed by atoms with van der Waals surface area (Å²) in [5, 5.41) is 18.7. The summed E-state index contributed by atoms with van der Waals surface area (Å²) in [5.74, 6) is 2.73. The third-order valence-corrected chi connectivity index (χ3v) is 9.61. The molecule has 0 bridgehead atoms. The van der Waals surface area contributed by atoms with E-state index in [1.807, 2.05) is 30.3 Å². The summed E-state index contributed by atoms with van der Waals surface area (Å²) in [6.07, 6.45) is 1.96. The highest BCUT2D eigenvalue weighted by molar-refractivity contribution is 8.09. The van der Waals surface area contributed by atoms with Crippen LogP contribution >= 0.6 is 6.64 Å². The SMILES string of the molecule is C#C[C@@]1(F)[C@H](O)[C@@H](CO[P@](=S)(N[C@@H](C)C(=O)OC(C)C)Oc2cccc3ccccc23)O[C@H]1n1cnc2c(NC)nc(C)nc21. The third kappa shape index (κ3) is 6.51. The van der Waals surface area contributed by atoms with Crippen LogP contribution in [0.25, 0.3) is 21.9 Å². The number of halogens is 1. The fraction of sp³-hybridized carbons (Fsp3) is 0.400. The lowest BCUT2D eigenvalue weighted by Crippen LogP contribution is -2.42.